The van der Waals surface area contributed by atoms with Gasteiger partial charge in [0, 0.05) is 24.3 Å². The first kappa shape index (κ1) is 20.2. The van der Waals surface area contributed by atoms with E-state index in [9.17, 15) is 14.0 Å². The van der Waals surface area contributed by atoms with Gasteiger partial charge in [-0.1, -0.05) is 36.4 Å². The minimum atomic E-state index is -0.830. The fourth-order valence-corrected chi connectivity index (χ4v) is 4.68. The largest absolute Gasteiger partial charge is 0.481 e. The molecule has 0 saturated carbocycles. The average Bonchev–Trinajstić information content (AvgIpc) is 3.15. The van der Waals surface area contributed by atoms with Crippen LogP contribution in [0.15, 0.2) is 48.5 Å². The van der Waals surface area contributed by atoms with Crippen LogP contribution in [0.2, 0.25) is 0 Å². The second kappa shape index (κ2) is 8.75. The zero-order chi connectivity index (χ0) is 21.1. The van der Waals surface area contributed by atoms with Crippen LogP contribution in [0.5, 0.6) is 0 Å². The molecule has 2 heterocycles. The summed E-state index contributed by atoms with van der Waals surface area (Å²) in [6.45, 7) is 1.15. The first-order valence-corrected chi connectivity index (χ1v) is 10.6. The van der Waals surface area contributed by atoms with E-state index in [0.717, 1.165) is 32.3 Å². The van der Waals surface area contributed by atoms with E-state index in [1.54, 1.807) is 6.07 Å². The molecule has 7 heteroatoms. The molecule has 0 radical (unpaired) electrons. The topological polar surface area (TPSA) is 70.5 Å². The van der Waals surface area contributed by atoms with E-state index < -0.39 is 5.97 Å². The second-order valence-corrected chi connectivity index (χ2v) is 8.49. The van der Waals surface area contributed by atoms with Crippen LogP contribution < -0.4 is 0 Å². The summed E-state index contributed by atoms with van der Waals surface area (Å²) < 4.78 is 13.4. The maximum absolute atomic E-state index is 13.4. The van der Waals surface area contributed by atoms with E-state index in [1.165, 1.54) is 23.5 Å². The third kappa shape index (κ3) is 4.74. The molecule has 2 aromatic carbocycles. The summed E-state index contributed by atoms with van der Waals surface area (Å²) in [6.07, 6.45) is 1.51. The highest BCUT2D eigenvalue weighted by Gasteiger charge is 2.24. The number of hydrogen-bond donors (Lipinski definition) is 1. The van der Waals surface area contributed by atoms with Gasteiger partial charge in [-0.3, -0.25) is 9.59 Å². The molecule has 0 aliphatic carbocycles. The van der Waals surface area contributed by atoms with Crippen molar-refractivity contribution < 1.29 is 19.1 Å². The summed E-state index contributed by atoms with van der Waals surface area (Å²) in [7, 11) is 0. The Hall–Kier alpha value is -3.06. The minimum absolute atomic E-state index is 0.0552. The van der Waals surface area contributed by atoms with Crippen molar-refractivity contribution in [3.63, 3.8) is 0 Å². The number of thiazole rings is 1. The lowest BCUT2D eigenvalue weighted by Gasteiger charge is -2.26. The third-order valence-corrected chi connectivity index (χ3v) is 6.29. The molecule has 0 bridgehead atoms. The normalized spacial score (nSPS) is 13.2. The van der Waals surface area contributed by atoms with E-state index in [0.29, 0.717) is 32.4 Å². The van der Waals surface area contributed by atoms with Crippen LogP contribution in [0.25, 0.3) is 11.1 Å². The molecular formula is C23H21FN2O3S. The number of carboxylic acid groups (broad SMARTS) is 1. The fourth-order valence-electron chi connectivity index (χ4n) is 3.55. The van der Waals surface area contributed by atoms with Gasteiger partial charge in [-0.25, -0.2) is 9.37 Å². The highest BCUT2D eigenvalue weighted by Crippen LogP contribution is 2.27. The number of carboxylic acids is 1. The summed E-state index contributed by atoms with van der Waals surface area (Å²) in [5.41, 5.74) is 3.62. The Morgan fingerprint density at radius 2 is 1.93 bits per heavy atom. The van der Waals surface area contributed by atoms with E-state index >= 15 is 0 Å². The number of benzene rings is 2. The molecular weight excluding hydrogens is 403 g/mol. The molecule has 0 spiro atoms. The van der Waals surface area contributed by atoms with Crippen molar-refractivity contribution in [2.45, 2.75) is 32.2 Å². The number of carbonyl (C=O) groups excluding carboxylic acids is 1. The monoisotopic (exact) mass is 424 g/mol. The van der Waals surface area contributed by atoms with Gasteiger partial charge in [-0.15, -0.1) is 11.3 Å². The molecule has 30 heavy (non-hydrogen) atoms. The lowest BCUT2D eigenvalue weighted by atomic mass is 10.0. The molecule has 154 valence electrons. The summed E-state index contributed by atoms with van der Waals surface area (Å²) in [6, 6.07) is 14.1. The van der Waals surface area contributed by atoms with Crippen LogP contribution in [-0.4, -0.2) is 33.4 Å². The summed E-state index contributed by atoms with van der Waals surface area (Å²) in [5.74, 6) is -1.05. The van der Waals surface area contributed by atoms with E-state index in [2.05, 4.69) is 4.98 Å². The van der Waals surface area contributed by atoms with Crippen LogP contribution in [0.3, 0.4) is 0 Å². The van der Waals surface area contributed by atoms with Crippen LogP contribution in [0, 0.1) is 5.82 Å². The van der Waals surface area contributed by atoms with Crippen molar-refractivity contribution in [1.82, 2.24) is 9.88 Å². The molecule has 0 unspecified atom stereocenters. The molecule has 1 aliphatic heterocycles. The maximum Gasteiger partial charge on any atom is 0.303 e. The number of carbonyl (C=O) groups is 2. The number of hydrogen-bond acceptors (Lipinski definition) is 4. The first-order chi connectivity index (χ1) is 14.5. The molecule has 0 saturated heterocycles. The molecule has 0 atom stereocenters. The van der Waals surface area contributed by atoms with Crippen molar-refractivity contribution in [2.75, 3.05) is 6.54 Å². The van der Waals surface area contributed by atoms with E-state index in [1.807, 2.05) is 35.2 Å². The fraction of sp³-hybridized carbons (Fsp3) is 0.261. The lowest BCUT2D eigenvalue weighted by molar-refractivity contribution is -0.137. The van der Waals surface area contributed by atoms with Crippen molar-refractivity contribution in [3.05, 3.63) is 75.5 Å². The Morgan fingerprint density at radius 3 is 2.67 bits per heavy atom. The molecule has 3 aromatic rings. The summed E-state index contributed by atoms with van der Waals surface area (Å²) >= 11 is 1.51. The number of aliphatic carboxylic acids is 1. The highest BCUT2D eigenvalue weighted by molar-refractivity contribution is 7.11. The summed E-state index contributed by atoms with van der Waals surface area (Å²) in [4.78, 5) is 31.0. The van der Waals surface area contributed by atoms with Crippen LogP contribution in [0.1, 0.15) is 27.6 Å². The zero-order valence-electron chi connectivity index (χ0n) is 16.3. The molecule has 5 nitrogen and oxygen atoms in total. The number of aromatic nitrogens is 1. The molecule has 0 fully saturated rings. The Kier molecular flexibility index (Phi) is 5.90. The molecule has 1 aliphatic rings. The lowest BCUT2D eigenvalue weighted by Crippen LogP contribution is -2.36. The third-order valence-electron chi connectivity index (χ3n) is 5.15. The molecule has 1 aromatic heterocycles. The predicted octanol–water partition coefficient (Wildman–Crippen LogP) is 4.09. The number of aryl methyl sites for hydroxylation is 1. The van der Waals surface area contributed by atoms with Crippen molar-refractivity contribution in [1.29, 1.82) is 0 Å². The van der Waals surface area contributed by atoms with Gasteiger partial charge in [0.1, 0.15) is 5.82 Å². The van der Waals surface area contributed by atoms with Crippen molar-refractivity contribution in [2.24, 2.45) is 0 Å². The Balaban J connectivity index is 1.38. The molecule has 4 rings (SSSR count). The van der Waals surface area contributed by atoms with Crippen LogP contribution in [0.4, 0.5) is 4.39 Å². The number of amides is 1. The Morgan fingerprint density at radius 1 is 1.13 bits per heavy atom. The summed E-state index contributed by atoms with van der Waals surface area (Å²) in [5, 5.41) is 9.66. The van der Waals surface area contributed by atoms with Gasteiger partial charge in [-0.05, 0) is 28.8 Å². The number of rotatable bonds is 6. The van der Waals surface area contributed by atoms with Gasteiger partial charge in [0.05, 0.1) is 30.1 Å². The van der Waals surface area contributed by atoms with Gasteiger partial charge >= 0.3 is 5.97 Å². The second-order valence-electron chi connectivity index (χ2n) is 7.32. The van der Waals surface area contributed by atoms with Gasteiger partial charge in [0.15, 0.2) is 0 Å². The van der Waals surface area contributed by atoms with Crippen molar-refractivity contribution in [3.8, 4) is 11.1 Å². The molecule has 1 N–H and O–H groups in total. The van der Waals surface area contributed by atoms with Gasteiger partial charge in [0.25, 0.3) is 0 Å². The van der Waals surface area contributed by atoms with Crippen LogP contribution in [-0.2, 0) is 35.4 Å². The van der Waals surface area contributed by atoms with Gasteiger partial charge in [-0.2, -0.15) is 0 Å². The van der Waals surface area contributed by atoms with Gasteiger partial charge in [0.2, 0.25) is 5.91 Å². The van der Waals surface area contributed by atoms with Gasteiger partial charge < -0.3 is 10.0 Å². The smallest absolute Gasteiger partial charge is 0.303 e. The predicted molar refractivity (Wildman–Crippen MR) is 113 cm³/mol. The maximum atomic E-state index is 13.4. The van der Waals surface area contributed by atoms with E-state index in [-0.39, 0.29) is 18.1 Å². The Labute approximate surface area is 177 Å². The zero-order valence-corrected chi connectivity index (χ0v) is 17.1. The number of fused-ring (bicyclic) bond motifs is 1. The number of halogens is 1. The minimum Gasteiger partial charge on any atom is -0.481 e. The Bertz CT molecular complexity index is 1080. The first-order valence-electron chi connectivity index (χ1n) is 9.80. The SMILES string of the molecule is O=C(O)CCc1nc2c(s1)CN(C(=O)Cc1ccc(-c3cccc(F)c3)cc1)CC2. The van der Waals surface area contributed by atoms with Crippen LogP contribution >= 0.6 is 11.3 Å². The average molecular weight is 424 g/mol. The standard InChI is InChI=1S/C23H21FN2O3S/c24-18-3-1-2-17(13-18)16-6-4-15(5-7-16)12-22(27)26-11-10-19-20(14-26)30-21(25-19)8-9-23(28)29/h1-7,13H,8-12,14H2,(H,28,29). The van der Waals surface area contributed by atoms with Crippen molar-refractivity contribution >= 4 is 23.2 Å². The quantitative estimate of drug-likeness (QED) is 0.647. The van der Waals surface area contributed by atoms with E-state index in [4.69, 9.17) is 5.11 Å². The number of nitrogens with zero attached hydrogens (tertiary/aromatic N) is 2. The molecule has 1 amide bonds. The highest BCUT2D eigenvalue weighted by atomic mass is 32.1.